The molecular weight excluding hydrogens is 224 g/mol. The van der Waals surface area contributed by atoms with Crippen LogP contribution in [0.1, 0.15) is 40.0 Å². The lowest BCUT2D eigenvalue weighted by molar-refractivity contribution is 0.0967. The summed E-state index contributed by atoms with van der Waals surface area (Å²) < 4.78 is 5.67. The molecule has 1 saturated carbocycles. The standard InChI is InChI=1S/C15H32N2O/c1-15(2,3)9-14(10-16)11-17(4)7-8-18-12-13-5-6-13/h13-14H,5-12,16H2,1-4H3. The fourth-order valence-electron chi connectivity index (χ4n) is 2.38. The Morgan fingerprint density at radius 1 is 1.33 bits per heavy atom. The highest BCUT2D eigenvalue weighted by atomic mass is 16.5. The van der Waals surface area contributed by atoms with Crippen molar-refractivity contribution < 1.29 is 4.74 Å². The summed E-state index contributed by atoms with van der Waals surface area (Å²) in [6.07, 6.45) is 3.93. The van der Waals surface area contributed by atoms with Gasteiger partial charge in [-0.25, -0.2) is 0 Å². The van der Waals surface area contributed by atoms with E-state index in [0.717, 1.165) is 38.8 Å². The van der Waals surface area contributed by atoms with Gasteiger partial charge in [0.25, 0.3) is 0 Å². The number of nitrogens with zero attached hydrogens (tertiary/aromatic N) is 1. The van der Waals surface area contributed by atoms with Crippen molar-refractivity contribution in [1.82, 2.24) is 4.90 Å². The van der Waals surface area contributed by atoms with E-state index in [2.05, 4.69) is 32.7 Å². The molecule has 1 aliphatic carbocycles. The monoisotopic (exact) mass is 256 g/mol. The van der Waals surface area contributed by atoms with Gasteiger partial charge in [0.2, 0.25) is 0 Å². The van der Waals surface area contributed by atoms with Crippen molar-refractivity contribution in [3.8, 4) is 0 Å². The van der Waals surface area contributed by atoms with Gasteiger partial charge in [-0.2, -0.15) is 0 Å². The van der Waals surface area contributed by atoms with Crippen molar-refractivity contribution >= 4 is 0 Å². The van der Waals surface area contributed by atoms with E-state index >= 15 is 0 Å². The van der Waals surface area contributed by atoms with Crippen LogP contribution in [0.3, 0.4) is 0 Å². The lowest BCUT2D eigenvalue weighted by Crippen LogP contribution is -2.34. The van der Waals surface area contributed by atoms with E-state index in [1.165, 1.54) is 19.3 Å². The molecule has 0 aromatic heterocycles. The Morgan fingerprint density at radius 3 is 2.50 bits per heavy atom. The summed E-state index contributed by atoms with van der Waals surface area (Å²) in [5.41, 5.74) is 6.24. The van der Waals surface area contributed by atoms with E-state index in [0.29, 0.717) is 11.3 Å². The zero-order valence-electron chi connectivity index (χ0n) is 12.7. The molecule has 1 fully saturated rings. The fraction of sp³-hybridized carbons (Fsp3) is 1.00. The molecule has 0 aromatic carbocycles. The van der Waals surface area contributed by atoms with Crippen molar-refractivity contribution in [2.75, 3.05) is 39.9 Å². The van der Waals surface area contributed by atoms with E-state index in [1.54, 1.807) is 0 Å². The van der Waals surface area contributed by atoms with Crippen LogP contribution in [0.5, 0.6) is 0 Å². The minimum absolute atomic E-state index is 0.368. The summed E-state index contributed by atoms with van der Waals surface area (Å²) in [7, 11) is 2.17. The zero-order chi connectivity index (χ0) is 13.6. The molecule has 0 amide bonds. The van der Waals surface area contributed by atoms with Crippen LogP contribution in [0, 0.1) is 17.3 Å². The van der Waals surface area contributed by atoms with E-state index < -0.39 is 0 Å². The van der Waals surface area contributed by atoms with Gasteiger partial charge in [-0.05, 0) is 50.1 Å². The quantitative estimate of drug-likeness (QED) is 0.644. The molecule has 108 valence electrons. The van der Waals surface area contributed by atoms with Gasteiger partial charge in [0, 0.05) is 19.7 Å². The number of hydrogen-bond donors (Lipinski definition) is 1. The molecular formula is C15H32N2O. The maximum Gasteiger partial charge on any atom is 0.0593 e. The van der Waals surface area contributed by atoms with Crippen LogP contribution >= 0.6 is 0 Å². The molecule has 0 saturated heterocycles. The highest BCUT2D eigenvalue weighted by Crippen LogP contribution is 2.28. The van der Waals surface area contributed by atoms with Gasteiger partial charge < -0.3 is 15.4 Å². The lowest BCUT2D eigenvalue weighted by Gasteiger charge is -2.28. The Kier molecular flexibility index (Phi) is 6.61. The Labute approximate surface area is 113 Å². The lowest BCUT2D eigenvalue weighted by atomic mass is 9.84. The van der Waals surface area contributed by atoms with E-state index in [9.17, 15) is 0 Å². The summed E-state index contributed by atoms with van der Waals surface area (Å²) in [5, 5.41) is 0. The Morgan fingerprint density at radius 2 is 2.00 bits per heavy atom. The number of nitrogens with two attached hydrogens (primary N) is 1. The first-order chi connectivity index (χ1) is 8.40. The molecule has 3 nitrogen and oxygen atoms in total. The molecule has 0 radical (unpaired) electrons. The molecule has 1 atom stereocenters. The smallest absolute Gasteiger partial charge is 0.0593 e. The van der Waals surface area contributed by atoms with E-state index in [4.69, 9.17) is 10.5 Å². The third-order valence-electron chi connectivity index (χ3n) is 3.47. The summed E-state index contributed by atoms with van der Waals surface area (Å²) in [4.78, 5) is 2.36. The predicted octanol–water partition coefficient (Wildman–Crippen LogP) is 2.36. The molecule has 18 heavy (non-hydrogen) atoms. The molecule has 2 N–H and O–H groups in total. The highest BCUT2D eigenvalue weighted by Gasteiger charge is 2.21. The van der Waals surface area contributed by atoms with Crippen molar-refractivity contribution in [2.24, 2.45) is 23.0 Å². The van der Waals surface area contributed by atoms with Crippen LogP contribution < -0.4 is 5.73 Å². The summed E-state index contributed by atoms with van der Waals surface area (Å²) in [5.74, 6) is 1.46. The van der Waals surface area contributed by atoms with Crippen LogP contribution in [-0.4, -0.2) is 44.8 Å². The topological polar surface area (TPSA) is 38.5 Å². The second-order valence-electron chi connectivity index (χ2n) is 7.15. The molecule has 0 bridgehead atoms. The maximum absolute atomic E-state index is 5.87. The Hall–Kier alpha value is -0.120. The predicted molar refractivity (Wildman–Crippen MR) is 77.7 cm³/mol. The van der Waals surface area contributed by atoms with E-state index in [-0.39, 0.29) is 0 Å². The van der Waals surface area contributed by atoms with Gasteiger partial charge in [-0.15, -0.1) is 0 Å². The fourth-order valence-corrected chi connectivity index (χ4v) is 2.38. The van der Waals surface area contributed by atoms with Gasteiger partial charge in [0.1, 0.15) is 0 Å². The summed E-state index contributed by atoms with van der Waals surface area (Å²) >= 11 is 0. The SMILES string of the molecule is CN(CCOCC1CC1)CC(CN)CC(C)(C)C. The van der Waals surface area contributed by atoms with Gasteiger partial charge in [-0.1, -0.05) is 20.8 Å². The van der Waals surface area contributed by atoms with Crippen LogP contribution in [0.15, 0.2) is 0 Å². The largest absolute Gasteiger partial charge is 0.380 e. The summed E-state index contributed by atoms with van der Waals surface area (Å²) in [6, 6.07) is 0. The van der Waals surface area contributed by atoms with E-state index in [1.807, 2.05) is 0 Å². The molecule has 0 aromatic rings. The molecule has 0 aliphatic heterocycles. The Balaban J connectivity index is 2.09. The van der Waals surface area contributed by atoms with Crippen LogP contribution in [0.4, 0.5) is 0 Å². The molecule has 1 unspecified atom stereocenters. The second-order valence-corrected chi connectivity index (χ2v) is 7.15. The number of ether oxygens (including phenoxy) is 1. The van der Waals surface area contributed by atoms with Crippen molar-refractivity contribution in [3.05, 3.63) is 0 Å². The van der Waals surface area contributed by atoms with Gasteiger partial charge >= 0.3 is 0 Å². The minimum atomic E-state index is 0.368. The van der Waals surface area contributed by atoms with Crippen molar-refractivity contribution in [1.29, 1.82) is 0 Å². The van der Waals surface area contributed by atoms with Crippen molar-refractivity contribution in [3.63, 3.8) is 0 Å². The average Bonchev–Trinajstić information content (AvgIpc) is 3.05. The first kappa shape index (κ1) is 15.9. The molecule has 0 spiro atoms. The third kappa shape index (κ3) is 8.06. The Bertz CT molecular complexity index is 221. The van der Waals surface area contributed by atoms with Crippen LogP contribution in [0.2, 0.25) is 0 Å². The highest BCUT2D eigenvalue weighted by molar-refractivity contribution is 4.73. The molecule has 3 heteroatoms. The number of rotatable bonds is 9. The second kappa shape index (κ2) is 7.46. The van der Waals surface area contributed by atoms with Crippen LogP contribution in [-0.2, 0) is 4.74 Å². The molecule has 1 aliphatic rings. The number of hydrogen-bond acceptors (Lipinski definition) is 3. The average molecular weight is 256 g/mol. The molecule has 0 heterocycles. The van der Waals surface area contributed by atoms with Gasteiger partial charge in [0.05, 0.1) is 6.61 Å². The number of likely N-dealkylation sites (N-methyl/N-ethyl adjacent to an activating group) is 1. The minimum Gasteiger partial charge on any atom is -0.380 e. The summed E-state index contributed by atoms with van der Waals surface area (Å²) in [6.45, 7) is 11.6. The zero-order valence-corrected chi connectivity index (χ0v) is 12.7. The third-order valence-corrected chi connectivity index (χ3v) is 3.47. The maximum atomic E-state index is 5.87. The first-order valence-corrected chi connectivity index (χ1v) is 7.37. The molecule has 1 rings (SSSR count). The first-order valence-electron chi connectivity index (χ1n) is 7.37. The normalized spacial score (nSPS) is 18.3. The van der Waals surface area contributed by atoms with Crippen LogP contribution in [0.25, 0.3) is 0 Å². The van der Waals surface area contributed by atoms with Gasteiger partial charge in [0.15, 0.2) is 0 Å². The van der Waals surface area contributed by atoms with Gasteiger partial charge in [-0.3, -0.25) is 0 Å². The van der Waals surface area contributed by atoms with Crippen molar-refractivity contribution in [2.45, 2.75) is 40.0 Å².